The quantitative estimate of drug-likeness (QED) is 0.514. The highest BCUT2D eigenvalue weighted by atomic mass is 19.1. The lowest BCUT2D eigenvalue weighted by molar-refractivity contribution is 0.0985. The molecule has 2 aromatic carbocycles. The summed E-state index contributed by atoms with van der Waals surface area (Å²) < 4.78 is 25.7. The number of carbonyl (C=O) groups is 1. The number of carbonyl (C=O) groups excluding carboxylic acids is 1. The van der Waals surface area contributed by atoms with Gasteiger partial charge < -0.3 is 14.4 Å². The number of fused-ring (bicyclic) bond motifs is 1. The summed E-state index contributed by atoms with van der Waals surface area (Å²) in [6.45, 7) is 0. The number of benzene rings is 2. The maximum absolute atomic E-state index is 13.3. The maximum Gasteiger partial charge on any atom is 0.280 e. The van der Waals surface area contributed by atoms with Crippen molar-refractivity contribution in [3.8, 4) is 17.4 Å². The molecule has 0 aliphatic heterocycles. The Morgan fingerprint density at radius 3 is 2.45 bits per heavy atom. The van der Waals surface area contributed by atoms with Crippen LogP contribution in [0.4, 0.5) is 10.1 Å². The number of halogens is 1. The summed E-state index contributed by atoms with van der Waals surface area (Å²) in [4.78, 5) is 23.3. The van der Waals surface area contributed by atoms with Gasteiger partial charge in [-0.25, -0.2) is 9.37 Å². The number of rotatable bonds is 5. The van der Waals surface area contributed by atoms with Gasteiger partial charge in [0, 0.05) is 25.1 Å². The SMILES string of the molecule is COc1ccc(N(C)C(=O)c2c(Oc3ccc(F)cc3)nc3ncccn23)cc1. The third kappa shape index (κ3) is 3.60. The Balaban J connectivity index is 1.74. The molecule has 29 heavy (non-hydrogen) atoms. The van der Waals surface area contributed by atoms with Gasteiger partial charge in [-0.1, -0.05) is 0 Å². The van der Waals surface area contributed by atoms with Crippen molar-refractivity contribution in [2.24, 2.45) is 0 Å². The first kappa shape index (κ1) is 18.4. The fraction of sp³-hybridized carbons (Fsp3) is 0.0952. The molecule has 1 amide bonds. The number of anilines is 1. The molecule has 0 radical (unpaired) electrons. The lowest BCUT2D eigenvalue weighted by Gasteiger charge is -2.18. The molecule has 4 rings (SSSR count). The van der Waals surface area contributed by atoms with Crippen molar-refractivity contribution < 1.29 is 18.7 Å². The average Bonchev–Trinajstić information content (AvgIpc) is 3.12. The van der Waals surface area contributed by atoms with E-state index >= 15 is 0 Å². The number of aromatic nitrogens is 3. The molecule has 8 heteroatoms. The van der Waals surface area contributed by atoms with E-state index in [0.717, 1.165) is 0 Å². The van der Waals surface area contributed by atoms with Crippen molar-refractivity contribution in [2.45, 2.75) is 0 Å². The molecule has 146 valence electrons. The largest absolute Gasteiger partial charge is 0.497 e. The minimum atomic E-state index is -0.385. The van der Waals surface area contributed by atoms with Gasteiger partial charge in [-0.15, -0.1) is 0 Å². The van der Waals surface area contributed by atoms with Crippen LogP contribution in [0.15, 0.2) is 67.0 Å². The number of ether oxygens (including phenoxy) is 2. The normalized spacial score (nSPS) is 10.7. The molecule has 0 aliphatic rings. The number of methoxy groups -OCH3 is 1. The molecule has 0 spiro atoms. The molecule has 0 saturated heterocycles. The fourth-order valence-electron chi connectivity index (χ4n) is 2.83. The molecule has 0 saturated carbocycles. The van der Waals surface area contributed by atoms with Gasteiger partial charge in [0.25, 0.3) is 11.8 Å². The summed E-state index contributed by atoms with van der Waals surface area (Å²) in [5.41, 5.74) is 0.873. The molecule has 0 atom stereocenters. The smallest absolute Gasteiger partial charge is 0.280 e. The summed E-state index contributed by atoms with van der Waals surface area (Å²) in [6, 6.07) is 14.3. The van der Waals surface area contributed by atoms with Gasteiger partial charge in [-0.05, 0) is 54.6 Å². The van der Waals surface area contributed by atoms with Crippen molar-refractivity contribution >= 4 is 17.4 Å². The van der Waals surface area contributed by atoms with Crippen molar-refractivity contribution in [3.63, 3.8) is 0 Å². The molecule has 7 nitrogen and oxygen atoms in total. The molecule has 0 N–H and O–H groups in total. The lowest BCUT2D eigenvalue weighted by Crippen LogP contribution is -2.27. The lowest BCUT2D eigenvalue weighted by atomic mass is 10.2. The molecule has 2 heterocycles. The molecule has 4 aromatic rings. The second kappa shape index (κ2) is 7.59. The van der Waals surface area contributed by atoms with Crippen LogP contribution < -0.4 is 14.4 Å². The molecule has 2 aromatic heterocycles. The second-order valence-corrected chi connectivity index (χ2v) is 6.17. The van der Waals surface area contributed by atoms with Gasteiger partial charge in [0.2, 0.25) is 5.78 Å². The zero-order valence-corrected chi connectivity index (χ0v) is 15.7. The third-order valence-corrected chi connectivity index (χ3v) is 4.37. The van der Waals surface area contributed by atoms with Gasteiger partial charge in [-0.2, -0.15) is 4.98 Å². The predicted molar refractivity (Wildman–Crippen MR) is 105 cm³/mol. The Kier molecular flexibility index (Phi) is 4.82. The highest BCUT2D eigenvalue weighted by Gasteiger charge is 2.25. The van der Waals surface area contributed by atoms with Crippen molar-refractivity contribution in [3.05, 3.63) is 78.5 Å². The highest BCUT2D eigenvalue weighted by molar-refractivity contribution is 6.06. The van der Waals surface area contributed by atoms with E-state index in [1.807, 2.05) is 0 Å². The molecule has 0 bridgehead atoms. The topological polar surface area (TPSA) is 69.0 Å². The van der Waals surface area contributed by atoms with Crippen molar-refractivity contribution in [2.75, 3.05) is 19.1 Å². The summed E-state index contributed by atoms with van der Waals surface area (Å²) in [7, 11) is 3.23. The number of imidazole rings is 1. The highest BCUT2D eigenvalue weighted by Crippen LogP contribution is 2.28. The van der Waals surface area contributed by atoms with Crippen LogP contribution in [-0.2, 0) is 0 Å². The van der Waals surface area contributed by atoms with Gasteiger partial charge in [0.05, 0.1) is 7.11 Å². The van der Waals surface area contributed by atoms with Crippen LogP contribution in [0.25, 0.3) is 5.78 Å². The van der Waals surface area contributed by atoms with Gasteiger partial charge in [0.1, 0.15) is 17.3 Å². The number of hydrogen-bond acceptors (Lipinski definition) is 5. The minimum Gasteiger partial charge on any atom is -0.497 e. The second-order valence-electron chi connectivity index (χ2n) is 6.17. The summed E-state index contributed by atoms with van der Waals surface area (Å²) in [6.07, 6.45) is 3.26. The molecular formula is C21H17FN4O3. The van der Waals surface area contributed by atoms with E-state index in [0.29, 0.717) is 23.0 Å². The van der Waals surface area contributed by atoms with Crippen molar-refractivity contribution in [1.82, 2.24) is 14.4 Å². The fourth-order valence-corrected chi connectivity index (χ4v) is 2.83. The minimum absolute atomic E-state index is 0.0840. The zero-order chi connectivity index (χ0) is 20.4. The Labute approximate surface area is 166 Å². The van der Waals surface area contributed by atoms with Crippen LogP contribution in [0.2, 0.25) is 0 Å². The van der Waals surface area contributed by atoms with Crippen LogP contribution in [0, 0.1) is 5.82 Å². The summed E-state index contributed by atoms with van der Waals surface area (Å²) in [5, 5.41) is 0. The standard InChI is InChI=1S/C21H17FN4O3/c1-25(15-6-10-16(28-2)11-7-15)20(27)18-19(24-21-23-12-3-13-26(18)21)29-17-8-4-14(22)5-9-17/h3-13H,1-2H3. The van der Waals surface area contributed by atoms with Gasteiger partial charge in [0.15, 0.2) is 5.69 Å². The molecular weight excluding hydrogens is 375 g/mol. The Morgan fingerprint density at radius 2 is 1.76 bits per heavy atom. The Hall–Kier alpha value is -3.94. The van der Waals surface area contributed by atoms with Crippen LogP contribution in [-0.4, -0.2) is 34.4 Å². The average molecular weight is 392 g/mol. The van der Waals surface area contributed by atoms with Gasteiger partial charge >= 0.3 is 0 Å². The number of hydrogen-bond donors (Lipinski definition) is 0. The number of amides is 1. The first-order valence-electron chi connectivity index (χ1n) is 8.75. The van der Waals surface area contributed by atoms with Crippen LogP contribution >= 0.6 is 0 Å². The first-order valence-corrected chi connectivity index (χ1v) is 8.75. The van der Waals surface area contributed by atoms with E-state index in [4.69, 9.17) is 9.47 Å². The summed E-state index contributed by atoms with van der Waals surface area (Å²) in [5.74, 6) is 0.721. The first-order chi connectivity index (χ1) is 14.1. The third-order valence-electron chi connectivity index (χ3n) is 4.37. The zero-order valence-electron chi connectivity index (χ0n) is 15.7. The van der Waals surface area contributed by atoms with E-state index in [1.165, 1.54) is 29.2 Å². The van der Waals surface area contributed by atoms with E-state index < -0.39 is 0 Å². The molecule has 0 unspecified atom stereocenters. The van der Waals surface area contributed by atoms with E-state index in [2.05, 4.69) is 9.97 Å². The Bertz CT molecular complexity index is 1160. The Morgan fingerprint density at radius 1 is 1.07 bits per heavy atom. The predicted octanol–water partition coefficient (Wildman–Crippen LogP) is 3.95. The van der Waals surface area contributed by atoms with E-state index in [1.54, 1.807) is 61.3 Å². The van der Waals surface area contributed by atoms with Crippen LogP contribution in [0.3, 0.4) is 0 Å². The van der Waals surface area contributed by atoms with E-state index in [9.17, 15) is 9.18 Å². The van der Waals surface area contributed by atoms with Gasteiger partial charge in [-0.3, -0.25) is 9.20 Å². The van der Waals surface area contributed by atoms with Crippen molar-refractivity contribution in [1.29, 1.82) is 0 Å². The summed E-state index contributed by atoms with van der Waals surface area (Å²) >= 11 is 0. The van der Waals surface area contributed by atoms with E-state index in [-0.39, 0.29) is 23.3 Å². The monoisotopic (exact) mass is 392 g/mol. The molecule has 0 fully saturated rings. The van der Waals surface area contributed by atoms with Crippen LogP contribution in [0.5, 0.6) is 17.4 Å². The maximum atomic E-state index is 13.3. The number of nitrogens with zero attached hydrogens (tertiary/aromatic N) is 4. The molecule has 0 aliphatic carbocycles. The van der Waals surface area contributed by atoms with Crippen LogP contribution in [0.1, 0.15) is 10.5 Å².